The van der Waals surface area contributed by atoms with Gasteiger partial charge in [0.05, 0.1) is 39.1 Å². The predicted octanol–water partition coefficient (Wildman–Crippen LogP) is 9.63. The zero-order chi connectivity index (χ0) is 28.3. The Labute approximate surface area is 246 Å². The van der Waals surface area contributed by atoms with Crippen molar-refractivity contribution in [3.63, 3.8) is 0 Å². The van der Waals surface area contributed by atoms with Gasteiger partial charge in [0.1, 0.15) is 11.2 Å². The molecule has 0 atom stereocenters. The molecule has 0 aliphatic rings. The Bertz CT molecular complexity index is 2520. The molecule has 43 heavy (non-hydrogen) atoms. The number of fused-ring (bicyclic) bond motifs is 7. The molecular weight excluding hydrogens is 528 g/mol. The van der Waals surface area contributed by atoms with E-state index < -0.39 is 0 Å². The highest BCUT2D eigenvalue weighted by Gasteiger charge is 2.20. The van der Waals surface area contributed by atoms with Crippen LogP contribution in [0.2, 0.25) is 0 Å². The number of nitrogens with zero attached hydrogens (tertiary/aromatic N) is 4. The highest BCUT2D eigenvalue weighted by atomic mass is 16.3. The normalized spacial score (nSPS) is 11.7. The summed E-state index contributed by atoms with van der Waals surface area (Å²) in [6.07, 6.45) is 1.82. The summed E-state index contributed by atoms with van der Waals surface area (Å²) in [5.74, 6) is 0. The maximum absolute atomic E-state index is 6.23. The van der Waals surface area contributed by atoms with E-state index in [0.717, 1.165) is 88.5 Å². The molecule has 4 aromatic heterocycles. The molecule has 0 aliphatic carbocycles. The molecule has 9 aromatic rings. The van der Waals surface area contributed by atoms with Crippen LogP contribution in [0.25, 0.3) is 88.5 Å². The van der Waals surface area contributed by atoms with Gasteiger partial charge in [-0.3, -0.25) is 4.98 Å². The minimum atomic E-state index is 0.800. The quantitative estimate of drug-likeness (QED) is 0.205. The summed E-state index contributed by atoms with van der Waals surface area (Å²) < 4.78 is 6.23. The lowest BCUT2D eigenvalue weighted by Crippen LogP contribution is -1.98. The van der Waals surface area contributed by atoms with Crippen LogP contribution < -0.4 is 0 Å². The molecule has 200 valence electrons. The summed E-state index contributed by atoms with van der Waals surface area (Å²) in [7, 11) is 0. The van der Waals surface area contributed by atoms with Crippen molar-refractivity contribution in [2.45, 2.75) is 0 Å². The van der Waals surface area contributed by atoms with Gasteiger partial charge in [-0.05, 0) is 30.3 Å². The lowest BCUT2D eigenvalue weighted by molar-refractivity contribution is 0.669. The van der Waals surface area contributed by atoms with Gasteiger partial charge in [-0.25, -0.2) is 15.0 Å². The third-order valence-electron chi connectivity index (χ3n) is 8.11. The van der Waals surface area contributed by atoms with Crippen molar-refractivity contribution >= 4 is 54.8 Å². The number of para-hydroxylation sites is 2. The van der Waals surface area contributed by atoms with E-state index in [1.807, 2.05) is 72.9 Å². The highest BCUT2D eigenvalue weighted by Crippen LogP contribution is 2.40. The molecule has 0 fully saturated rings. The molecule has 5 aromatic carbocycles. The average Bonchev–Trinajstić information content (AvgIpc) is 3.46. The second-order valence-corrected chi connectivity index (χ2v) is 10.6. The van der Waals surface area contributed by atoms with E-state index in [-0.39, 0.29) is 0 Å². The number of hydrogen-bond acceptors (Lipinski definition) is 5. The Balaban J connectivity index is 1.34. The molecule has 0 saturated heterocycles. The van der Waals surface area contributed by atoms with Crippen LogP contribution in [-0.2, 0) is 0 Å². The van der Waals surface area contributed by atoms with Crippen molar-refractivity contribution in [3.8, 4) is 33.8 Å². The minimum absolute atomic E-state index is 0.800. The summed E-state index contributed by atoms with van der Waals surface area (Å²) >= 11 is 0. The summed E-state index contributed by atoms with van der Waals surface area (Å²) in [5.41, 5.74) is 10.4. The molecule has 0 unspecified atom stereocenters. The summed E-state index contributed by atoms with van der Waals surface area (Å²) in [4.78, 5) is 20.5. The summed E-state index contributed by atoms with van der Waals surface area (Å²) in [6.45, 7) is 0. The molecule has 0 aliphatic heterocycles. The molecule has 0 N–H and O–H groups in total. The molecule has 4 heterocycles. The van der Waals surface area contributed by atoms with Crippen molar-refractivity contribution in [2.75, 3.05) is 0 Å². The number of rotatable bonds is 3. The van der Waals surface area contributed by atoms with Crippen molar-refractivity contribution in [1.82, 2.24) is 19.9 Å². The Morgan fingerprint density at radius 3 is 2.16 bits per heavy atom. The van der Waals surface area contributed by atoms with Gasteiger partial charge in [-0.15, -0.1) is 0 Å². The van der Waals surface area contributed by atoms with Crippen LogP contribution in [0.15, 0.2) is 138 Å². The van der Waals surface area contributed by atoms with E-state index >= 15 is 0 Å². The third kappa shape index (κ3) is 3.72. The molecule has 0 amide bonds. The molecular formula is C38H22N4O. The second kappa shape index (κ2) is 9.29. The van der Waals surface area contributed by atoms with Crippen LogP contribution in [0.1, 0.15) is 0 Å². The topological polar surface area (TPSA) is 64.7 Å². The van der Waals surface area contributed by atoms with Gasteiger partial charge in [0.25, 0.3) is 0 Å². The fourth-order valence-electron chi connectivity index (χ4n) is 6.11. The molecule has 9 rings (SSSR count). The lowest BCUT2D eigenvalue weighted by Gasteiger charge is -2.14. The number of benzene rings is 5. The van der Waals surface area contributed by atoms with Gasteiger partial charge < -0.3 is 4.42 Å². The maximum Gasteiger partial charge on any atom is 0.136 e. The van der Waals surface area contributed by atoms with Crippen molar-refractivity contribution in [3.05, 3.63) is 134 Å². The predicted molar refractivity (Wildman–Crippen MR) is 174 cm³/mol. The van der Waals surface area contributed by atoms with E-state index in [0.29, 0.717) is 0 Å². The van der Waals surface area contributed by atoms with E-state index in [4.69, 9.17) is 19.4 Å². The van der Waals surface area contributed by atoms with Crippen molar-refractivity contribution in [1.29, 1.82) is 0 Å². The third-order valence-corrected chi connectivity index (χ3v) is 8.11. The van der Waals surface area contributed by atoms with E-state index in [9.17, 15) is 0 Å². The standard InChI is InChI=1S/C38H22N4O/c1-2-9-23(10-3-1)36-38(28-14-7-17-32-33(28)27-12-4-5-16-31(27)43-32)41-30-15-6-13-26(37(30)42-36)29-21-20-25-19-18-24-11-8-22-39-34(24)35(25)40-29/h1-22H. The van der Waals surface area contributed by atoms with Crippen molar-refractivity contribution < 1.29 is 4.42 Å². The maximum atomic E-state index is 6.23. The zero-order valence-electron chi connectivity index (χ0n) is 22.9. The smallest absolute Gasteiger partial charge is 0.136 e. The summed E-state index contributed by atoms with van der Waals surface area (Å²) in [5, 5.41) is 4.21. The first-order valence-corrected chi connectivity index (χ1v) is 14.2. The van der Waals surface area contributed by atoms with Crippen LogP contribution >= 0.6 is 0 Å². The fraction of sp³-hybridized carbons (Fsp3) is 0. The molecule has 0 radical (unpaired) electrons. The largest absolute Gasteiger partial charge is 0.456 e. The van der Waals surface area contributed by atoms with Crippen molar-refractivity contribution in [2.24, 2.45) is 0 Å². The molecule has 0 bridgehead atoms. The first-order valence-electron chi connectivity index (χ1n) is 14.2. The lowest BCUT2D eigenvalue weighted by atomic mass is 9.98. The fourth-order valence-corrected chi connectivity index (χ4v) is 6.11. The molecule has 5 heteroatoms. The molecule has 0 saturated carbocycles. The number of hydrogen-bond donors (Lipinski definition) is 0. The van der Waals surface area contributed by atoms with Gasteiger partial charge in [-0.2, -0.15) is 0 Å². The van der Waals surface area contributed by atoms with E-state index in [1.54, 1.807) is 0 Å². The number of pyridine rings is 2. The van der Waals surface area contributed by atoms with Crippen LogP contribution in [0.3, 0.4) is 0 Å². The zero-order valence-corrected chi connectivity index (χ0v) is 22.9. The van der Waals surface area contributed by atoms with Crippen LogP contribution in [0.5, 0.6) is 0 Å². The van der Waals surface area contributed by atoms with Crippen LogP contribution in [0.4, 0.5) is 0 Å². The highest BCUT2D eigenvalue weighted by molar-refractivity contribution is 6.13. The van der Waals surface area contributed by atoms with Gasteiger partial charge in [0.2, 0.25) is 0 Å². The first-order chi connectivity index (χ1) is 21.3. The van der Waals surface area contributed by atoms with Gasteiger partial charge in [0, 0.05) is 44.4 Å². The average molecular weight is 551 g/mol. The van der Waals surface area contributed by atoms with Crippen LogP contribution in [-0.4, -0.2) is 19.9 Å². The monoisotopic (exact) mass is 550 g/mol. The Morgan fingerprint density at radius 2 is 1.23 bits per heavy atom. The Hall–Kier alpha value is -5.94. The molecule has 0 spiro atoms. The van der Waals surface area contributed by atoms with Gasteiger partial charge in [-0.1, -0.05) is 97.1 Å². The SMILES string of the molecule is c1ccc(-c2nc3c(-c4ccc5ccc6cccnc6c5n4)cccc3nc2-c2cccc3oc4ccccc4c23)cc1. The second-order valence-electron chi connectivity index (χ2n) is 10.6. The first kappa shape index (κ1) is 23.7. The number of furan rings is 1. The van der Waals surface area contributed by atoms with Crippen LogP contribution in [0, 0.1) is 0 Å². The van der Waals surface area contributed by atoms with Gasteiger partial charge >= 0.3 is 0 Å². The Morgan fingerprint density at radius 1 is 0.465 bits per heavy atom. The van der Waals surface area contributed by atoms with Gasteiger partial charge in [0.15, 0.2) is 0 Å². The molecule has 5 nitrogen and oxygen atoms in total. The number of aromatic nitrogens is 4. The summed E-state index contributed by atoms with van der Waals surface area (Å²) in [6, 6.07) is 43.0. The Kier molecular flexibility index (Phi) is 5.13. The van der Waals surface area contributed by atoms with E-state index in [1.165, 1.54) is 0 Å². The minimum Gasteiger partial charge on any atom is -0.456 e. The van der Waals surface area contributed by atoms with E-state index in [2.05, 4.69) is 65.6 Å².